The highest BCUT2D eigenvalue weighted by Crippen LogP contribution is 2.36. The second kappa shape index (κ2) is 6.23. The Morgan fingerprint density at radius 3 is 2.27 bits per heavy atom. The van der Waals surface area contributed by atoms with Gasteiger partial charge in [0.15, 0.2) is 0 Å². The van der Waals surface area contributed by atoms with Crippen LogP contribution in [0.15, 0.2) is 42.5 Å². The second-order valence-electron chi connectivity index (χ2n) is 4.38. The lowest BCUT2D eigenvalue weighted by Gasteiger charge is -2.11. The molecule has 0 radical (unpaired) electrons. The van der Waals surface area contributed by atoms with Crippen molar-refractivity contribution in [2.45, 2.75) is 12.7 Å². The van der Waals surface area contributed by atoms with Crippen molar-refractivity contribution in [3.05, 3.63) is 68.7 Å². The van der Waals surface area contributed by atoms with Crippen LogP contribution in [-0.4, -0.2) is 4.92 Å². The molecule has 0 spiro atoms. The summed E-state index contributed by atoms with van der Waals surface area (Å²) in [7, 11) is 0. The highest BCUT2D eigenvalue weighted by molar-refractivity contribution is 6.32. The Balaban J connectivity index is 2.15. The molecule has 0 saturated carbocycles. The van der Waals surface area contributed by atoms with Crippen LogP contribution in [0.4, 0.5) is 13.2 Å². The number of hydrogen-bond donors (Lipinski definition) is 0. The molecule has 4 nitrogen and oxygen atoms in total. The van der Waals surface area contributed by atoms with E-state index in [2.05, 4.69) is 0 Å². The van der Waals surface area contributed by atoms with E-state index in [1.165, 1.54) is 24.3 Å². The SMILES string of the molecule is O=[N+]([O-])Cc1ccc(Oc2ccc(C(F)(F)F)cc2Cl)cc1. The first-order valence-corrected chi connectivity index (χ1v) is 6.39. The molecule has 0 heterocycles. The van der Waals surface area contributed by atoms with Gasteiger partial charge in [-0.2, -0.15) is 13.2 Å². The van der Waals surface area contributed by atoms with Gasteiger partial charge < -0.3 is 4.74 Å². The van der Waals surface area contributed by atoms with Gasteiger partial charge in [0.2, 0.25) is 6.54 Å². The van der Waals surface area contributed by atoms with Crippen LogP contribution in [0.5, 0.6) is 11.5 Å². The predicted molar refractivity (Wildman–Crippen MR) is 73.7 cm³/mol. The minimum atomic E-state index is -4.48. The molecule has 0 N–H and O–H groups in total. The molecule has 2 rings (SSSR count). The molecule has 0 aliphatic rings. The maximum Gasteiger partial charge on any atom is 0.416 e. The maximum absolute atomic E-state index is 12.5. The summed E-state index contributed by atoms with van der Waals surface area (Å²) >= 11 is 5.77. The number of hydrogen-bond acceptors (Lipinski definition) is 3. The summed E-state index contributed by atoms with van der Waals surface area (Å²) in [5.74, 6) is 0.380. The van der Waals surface area contributed by atoms with E-state index < -0.39 is 16.7 Å². The number of ether oxygens (including phenoxy) is 1. The van der Waals surface area contributed by atoms with Crippen LogP contribution in [0.2, 0.25) is 5.02 Å². The summed E-state index contributed by atoms with van der Waals surface area (Å²) in [5.41, 5.74) is -0.387. The summed E-state index contributed by atoms with van der Waals surface area (Å²) < 4.78 is 42.9. The molecule has 0 amide bonds. The maximum atomic E-state index is 12.5. The van der Waals surface area contributed by atoms with Crippen LogP contribution in [0.1, 0.15) is 11.1 Å². The number of nitrogens with zero attached hydrogens (tertiary/aromatic N) is 1. The first-order valence-electron chi connectivity index (χ1n) is 6.01. The molecule has 116 valence electrons. The Morgan fingerprint density at radius 2 is 1.77 bits per heavy atom. The Kier molecular flexibility index (Phi) is 4.56. The zero-order valence-electron chi connectivity index (χ0n) is 10.9. The van der Waals surface area contributed by atoms with Crippen LogP contribution in [0.3, 0.4) is 0 Å². The van der Waals surface area contributed by atoms with Gasteiger partial charge >= 0.3 is 6.18 Å². The molecular formula is C14H9ClF3NO3. The average molecular weight is 332 g/mol. The molecule has 0 aromatic heterocycles. The average Bonchev–Trinajstić information content (AvgIpc) is 2.41. The van der Waals surface area contributed by atoms with Crippen LogP contribution in [-0.2, 0) is 12.7 Å². The van der Waals surface area contributed by atoms with E-state index in [1.54, 1.807) is 0 Å². The van der Waals surface area contributed by atoms with Gasteiger partial charge in [0.05, 0.1) is 10.6 Å². The summed E-state index contributed by atoms with van der Waals surface area (Å²) in [6, 6.07) is 8.71. The van der Waals surface area contributed by atoms with Crippen LogP contribution >= 0.6 is 11.6 Å². The molecule has 0 unspecified atom stereocenters. The zero-order chi connectivity index (χ0) is 16.3. The minimum Gasteiger partial charge on any atom is -0.456 e. The lowest BCUT2D eigenvalue weighted by atomic mass is 10.2. The monoisotopic (exact) mass is 331 g/mol. The number of rotatable bonds is 4. The fraction of sp³-hybridized carbons (Fsp3) is 0.143. The fourth-order valence-corrected chi connectivity index (χ4v) is 1.92. The number of nitro groups is 1. The molecule has 0 saturated heterocycles. The first kappa shape index (κ1) is 16.1. The predicted octanol–water partition coefficient (Wildman–Crippen LogP) is 4.93. The molecule has 0 aliphatic carbocycles. The molecule has 0 aliphatic heterocycles. The summed E-state index contributed by atoms with van der Waals surface area (Å²) in [5, 5.41) is 10.2. The molecular weight excluding hydrogens is 323 g/mol. The van der Waals surface area contributed by atoms with Crippen molar-refractivity contribution < 1.29 is 22.8 Å². The van der Waals surface area contributed by atoms with Gasteiger partial charge in [-0.3, -0.25) is 10.1 Å². The quantitative estimate of drug-likeness (QED) is 0.589. The van der Waals surface area contributed by atoms with Crippen molar-refractivity contribution in [3.63, 3.8) is 0 Å². The first-order chi connectivity index (χ1) is 10.3. The highest BCUT2D eigenvalue weighted by Gasteiger charge is 2.31. The number of benzene rings is 2. The largest absolute Gasteiger partial charge is 0.456 e. The van der Waals surface area contributed by atoms with Crippen molar-refractivity contribution in [2.24, 2.45) is 0 Å². The van der Waals surface area contributed by atoms with Crippen LogP contribution in [0.25, 0.3) is 0 Å². The normalized spacial score (nSPS) is 11.3. The van der Waals surface area contributed by atoms with Crippen molar-refractivity contribution in [1.29, 1.82) is 0 Å². The third kappa shape index (κ3) is 4.11. The molecule has 22 heavy (non-hydrogen) atoms. The van der Waals surface area contributed by atoms with E-state index in [1.807, 2.05) is 0 Å². The van der Waals surface area contributed by atoms with Gasteiger partial charge in [0, 0.05) is 10.5 Å². The molecule has 8 heteroatoms. The van der Waals surface area contributed by atoms with E-state index in [9.17, 15) is 23.3 Å². The topological polar surface area (TPSA) is 52.4 Å². The molecule has 2 aromatic rings. The molecule has 0 fully saturated rings. The van der Waals surface area contributed by atoms with Gasteiger partial charge in [-0.25, -0.2) is 0 Å². The summed E-state index contributed by atoms with van der Waals surface area (Å²) in [4.78, 5) is 9.90. The van der Waals surface area contributed by atoms with Gasteiger partial charge in [0.25, 0.3) is 0 Å². The van der Waals surface area contributed by atoms with E-state index in [4.69, 9.17) is 16.3 Å². The molecule has 0 bridgehead atoms. The second-order valence-corrected chi connectivity index (χ2v) is 4.79. The Morgan fingerprint density at radius 1 is 1.14 bits per heavy atom. The minimum absolute atomic E-state index is 0.0664. The van der Waals surface area contributed by atoms with E-state index in [-0.39, 0.29) is 17.3 Å². The summed E-state index contributed by atoms with van der Waals surface area (Å²) in [6.45, 7) is -0.318. The van der Waals surface area contributed by atoms with Crippen molar-refractivity contribution in [1.82, 2.24) is 0 Å². The smallest absolute Gasteiger partial charge is 0.416 e. The van der Waals surface area contributed by atoms with Gasteiger partial charge in [-0.05, 0) is 42.5 Å². The van der Waals surface area contributed by atoms with E-state index in [0.29, 0.717) is 11.3 Å². The highest BCUT2D eigenvalue weighted by atomic mass is 35.5. The fourth-order valence-electron chi connectivity index (χ4n) is 1.70. The number of halogens is 4. The third-order valence-electron chi connectivity index (χ3n) is 2.72. The lowest BCUT2D eigenvalue weighted by Crippen LogP contribution is -2.04. The molecule has 0 atom stereocenters. The van der Waals surface area contributed by atoms with Gasteiger partial charge in [-0.15, -0.1) is 0 Å². The van der Waals surface area contributed by atoms with Crippen molar-refractivity contribution >= 4 is 11.6 Å². The Labute approximate surface area is 128 Å². The van der Waals surface area contributed by atoms with Crippen molar-refractivity contribution in [2.75, 3.05) is 0 Å². The van der Waals surface area contributed by atoms with Crippen LogP contribution in [0, 0.1) is 10.1 Å². The van der Waals surface area contributed by atoms with E-state index >= 15 is 0 Å². The van der Waals surface area contributed by atoms with E-state index in [0.717, 1.165) is 18.2 Å². The molecule has 2 aromatic carbocycles. The van der Waals surface area contributed by atoms with Crippen LogP contribution < -0.4 is 4.74 Å². The zero-order valence-corrected chi connectivity index (χ0v) is 11.7. The lowest BCUT2D eigenvalue weighted by molar-refractivity contribution is -0.496. The van der Waals surface area contributed by atoms with Gasteiger partial charge in [-0.1, -0.05) is 11.6 Å². The Hall–Kier alpha value is -2.28. The summed E-state index contributed by atoms with van der Waals surface area (Å²) in [6.07, 6.45) is -4.48. The number of alkyl halides is 3. The third-order valence-corrected chi connectivity index (χ3v) is 3.02. The standard InChI is InChI=1S/C14H9ClF3NO3/c15-12-7-10(14(16,17)18)3-6-13(12)22-11-4-1-9(2-5-11)8-19(20)21/h1-7H,8H2. The van der Waals surface area contributed by atoms with Gasteiger partial charge in [0.1, 0.15) is 11.5 Å². The Bertz CT molecular complexity index is 687. The van der Waals surface area contributed by atoms with Crippen molar-refractivity contribution in [3.8, 4) is 11.5 Å².